The molecule has 2 aromatic carbocycles. The average Bonchev–Trinajstić information content (AvgIpc) is 2.53. The number of likely N-dealkylation sites (N-methyl/N-ethyl adjacent to an activating group) is 1. The Morgan fingerprint density at radius 3 is 2.45 bits per heavy atom. The molecule has 1 amide bonds. The molecule has 0 unspecified atom stereocenters. The van der Waals surface area contributed by atoms with Crippen molar-refractivity contribution in [3.8, 4) is 5.75 Å². The van der Waals surface area contributed by atoms with Crippen molar-refractivity contribution in [3.63, 3.8) is 0 Å². The van der Waals surface area contributed by atoms with Crippen LogP contribution in [0.2, 0.25) is 0 Å². The fourth-order valence-corrected chi connectivity index (χ4v) is 2.54. The van der Waals surface area contributed by atoms with Gasteiger partial charge in [-0.05, 0) is 51.7 Å². The number of carbonyl (C=O) groups excluding carboxylic acids is 1. The highest BCUT2D eigenvalue weighted by atomic mass is 79.9. The maximum Gasteiger partial charge on any atom is 0.264 e. The minimum absolute atomic E-state index is 0.00498. The van der Waals surface area contributed by atoms with Crippen molar-refractivity contribution in [3.05, 3.63) is 58.6 Å². The smallest absolute Gasteiger partial charge is 0.264 e. The van der Waals surface area contributed by atoms with Crippen LogP contribution in [-0.2, 0) is 4.79 Å². The summed E-state index contributed by atoms with van der Waals surface area (Å²) < 4.78 is 6.51. The van der Waals surface area contributed by atoms with E-state index in [9.17, 15) is 4.79 Å². The standard InChI is InChI=1S/C18H20BrNO2/c1-13(2)14-9-10-17(16(19)11-14)22-12-18(21)20(3)15-7-5-4-6-8-15/h4-11,13H,12H2,1-3H3. The van der Waals surface area contributed by atoms with E-state index in [-0.39, 0.29) is 12.5 Å². The Morgan fingerprint density at radius 2 is 1.86 bits per heavy atom. The first-order valence-electron chi connectivity index (χ1n) is 7.23. The van der Waals surface area contributed by atoms with E-state index >= 15 is 0 Å². The lowest BCUT2D eigenvalue weighted by Gasteiger charge is -2.18. The van der Waals surface area contributed by atoms with E-state index in [1.165, 1.54) is 5.56 Å². The number of halogens is 1. The lowest BCUT2D eigenvalue weighted by molar-refractivity contribution is -0.120. The second kappa shape index (κ2) is 7.45. The van der Waals surface area contributed by atoms with Gasteiger partial charge in [-0.3, -0.25) is 4.79 Å². The molecule has 4 heteroatoms. The van der Waals surface area contributed by atoms with Crippen LogP contribution in [0.4, 0.5) is 5.69 Å². The van der Waals surface area contributed by atoms with Crippen LogP contribution in [-0.4, -0.2) is 19.6 Å². The number of nitrogens with zero attached hydrogens (tertiary/aromatic N) is 1. The van der Waals surface area contributed by atoms with Gasteiger partial charge < -0.3 is 9.64 Å². The van der Waals surface area contributed by atoms with Crippen LogP contribution in [0.25, 0.3) is 0 Å². The molecular weight excluding hydrogens is 342 g/mol. The van der Waals surface area contributed by atoms with Gasteiger partial charge in [0.2, 0.25) is 0 Å². The molecular formula is C18H20BrNO2. The van der Waals surface area contributed by atoms with Gasteiger partial charge in [0.25, 0.3) is 5.91 Å². The van der Waals surface area contributed by atoms with E-state index in [0.717, 1.165) is 10.2 Å². The average molecular weight is 362 g/mol. The van der Waals surface area contributed by atoms with Crippen molar-refractivity contribution in [2.24, 2.45) is 0 Å². The lowest BCUT2D eigenvalue weighted by Crippen LogP contribution is -2.31. The van der Waals surface area contributed by atoms with Gasteiger partial charge in [0, 0.05) is 12.7 Å². The van der Waals surface area contributed by atoms with E-state index < -0.39 is 0 Å². The van der Waals surface area contributed by atoms with Gasteiger partial charge in [-0.25, -0.2) is 0 Å². The monoisotopic (exact) mass is 361 g/mol. The Labute approximate surface area is 140 Å². The molecule has 3 nitrogen and oxygen atoms in total. The van der Waals surface area contributed by atoms with E-state index in [0.29, 0.717) is 11.7 Å². The largest absolute Gasteiger partial charge is 0.483 e. The first-order valence-corrected chi connectivity index (χ1v) is 8.02. The molecule has 116 valence electrons. The number of para-hydroxylation sites is 1. The molecule has 2 rings (SSSR count). The van der Waals surface area contributed by atoms with Gasteiger partial charge in [0.05, 0.1) is 4.47 Å². The summed E-state index contributed by atoms with van der Waals surface area (Å²) in [5.74, 6) is 1.04. The lowest BCUT2D eigenvalue weighted by atomic mass is 10.0. The quantitative estimate of drug-likeness (QED) is 0.777. The first-order chi connectivity index (χ1) is 10.5. The van der Waals surface area contributed by atoms with E-state index in [1.807, 2.05) is 48.5 Å². The highest BCUT2D eigenvalue weighted by Crippen LogP contribution is 2.29. The molecule has 0 spiro atoms. The third-order valence-electron chi connectivity index (χ3n) is 3.49. The minimum atomic E-state index is -0.0916. The molecule has 0 saturated carbocycles. The van der Waals surface area contributed by atoms with Gasteiger partial charge in [0.1, 0.15) is 5.75 Å². The maximum atomic E-state index is 12.2. The van der Waals surface area contributed by atoms with Gasteiger partial charge >= 0.3 is 0 Å². The summed E-state index contributed by atoms with van der Waals surface area (Å²) >= 11 is 3.50. The number of ether oxygens (including phenoxy) is 1. The summed E-state index contributed by atoms with van der Waals surface area (Å²) in [5, 5.41) is 0. The summed E-state index contributed by atoms with van der Waals surface area (Å²) in [6.07, 6.45) is 0. The molecule has 0 saturated heterocycles. The molecule has 0 aliphatic rings. The second-order valence-corrected chi connectivity index (χ2v) is 6.28. The molecule has 0 aliphatic carbocycles. The summed E-state index contributed by atoms with van der Waals surface area (Å²) in [4.78, 5) is 13.8. The molecule has 0 radical (unpaired) electrons. The molecule has 0 aliphatic heterocycles. The number of benzene rings is 2. The Kier molecular flexibility index (Phi) is 5.61. The van der Waals surface area contributed by atoms with Gasteiger partial charge in [0.15, 0.2) is 6.61 Å². The Balaban J connectivity index is 1.99. The number of carbonyl (C=O) groups is 1. The Bertz CT molecular complexity index is 641. The first kappa shape index (κ1) is 16.6. The number of hydrogen-bond acceptors (Lipinski definition) is 2. The Hall–Kier alpha value is -1.81. The van der Waals surface area contributed by atoms with Gasteiger partial charge in [-0.2, -0.15) is 0 Å². The second-order valence-electron chi connectivity index (χ2n) is 5.42. The normalized spacial score (nSPS) is 10.6. The van der Waals surface area contributed by atoms with E-state index in [4.69, 9.17) is 4.74 Å². The molecule has 0 aromatic heterocycles. The van der Waals surface area contributed by atoms with Crippen molar-refractivity contribution in [1.82, 2.24) is 0 Å². The molecule has 0 heterocycles. The molecule has 0 atom stereocenters. The van der Waals surface area contributed by atoms with Crippen molar-refractivity contribution < 1.29 is 9.53 Å². The third kappa shape index (κ3) is 4.10. The van der Waals surface area contributed by atoms with Crippen molar-refractivity contribution in [2.45, 2.75) is 19.8 Å². The fourth-order valence-electron chi connectivity index (χ4n) is 2.03. The van der Waals surface area contributed by atoms with Gasteiger partial charge in [-0.15, -0.1) is 0 Å². The number of rotatable bonds is 5. The summed E-state index contributed by atoms with van der Waals surface area (Å²) in [6, 6.07) is 15.5. The summed E-state index contributed by atoms with van der Waals surface area (Å²) in [7, 11) is 1.75. The summed E-state index contributed by atoms with van der Waals surface area (Å²) in [5.41, 5.74) is 2.08. The highest BCUT2D eigenvalue weighted by Gasteiger charge is 2.12. The SMILES string of the molecule is CC(C)c1ccc(OCC(=O)N(C)c2ccccc2)c(Br)c1. The molecule has 22 heavy (non-hydrogen) atoms. The van der Waals surface area contributed by atoms with Crippen LogP contribution in [0.15, 0.2) is 53.0 Å². The third-order valence-corrected chi connectivity index (χ3v) is 4.11. The van der Waals surface area contributed by atoms with Crippen molar-refractivity contribution in [2.75, 3.05) is 18.6 Å². The van der Waals surface area contributed by atoms with Gasteiger partial charge in [-0.1, -0.05) is 38.1 Å². The highest BCUT2D eigenvalue weighted by molar-refractivity contribution is 9.10. The molecule has 0 bridgehead atoms. The maximum absolute atomic E-state index is 12.2. The van der Waals surface area contributed by atoms with Crippen LogP contribution < -0.4 is 9.64 Å². The van der Waals surface area contributed by atoms with Crippen LogP contribution in [0.1, 0.15) is 25.3 Å². The van der Waals surface area contributed by atoms with Crippen molar-refractivity contribution in [1.29, 1.82) is 0 Å². The predicted octanol–water partition coefficient (Wildman–Crippen LogP) is 4.61. The zero-order chi connectivity index (χ0) is 16.1. The molecule has 0 fully saturated rings. The molecule has 2 aromatic rings. The van der Waals surface area contributed by atoms with Crippen molar-refractivity contribution >= 4 is 27.5 Å². The minimum Gasteiger partial charge on any atom is -0.483 e. The molecule has 0 N–H and O–H groups in total. The van der Waals surface area contributed by atoms with Crippen LogP contribution in [0.3, 0.4) is 0 Å². The van der Waals surface area contributed by atoms with E-state index in [1.54, 1.807) is 11.9 Å². The van der Waals surface area contributed by atoms with Crippen LogP contribution >= 0.6 is 15.9 Å². The fraction of sp³-hybridized carbons (Fsp3) is 0.278. The Morgan fingerprint density at radius 1 is 1.18 bits per heavy atom. The topological polar surface area (TPSA) is 29.5 Å². The van der Waals surface area contributed by atoms with Crippen LogP contribution in [0.5, 0.6) is 5.75 Å². The predicted molar refractivity (Wildman–Crippen MR) is 93.6 cm³/mol. The number of hydrogen-bond donors (Lipinski definition) is 0. The van der Waals surface area contributed by atoms with Crippen LogP contribution in [0, 0.1) is 0 Å². The zero-order valence-electron chi connectivity index (χ0n) is 13.0. The number of amides is 1. The summed E-state index contributed by atoms with van der Waals surface area (Å²) in [6.45, 7) is 4.28. The zero-order valence-corrected chi connectivity index (χ0v) is 14.6. The number of anilines is 1. The van der Waals surface area contributed by atoms with E-state index in [2.05, 4.69) is 29.8 Å².